The first-order chi connectivity index (χ1) is 14.5. The van der Waals surface area contributed by atoms with E-state index < -0.39 is 11.9 Å². The molecule has 2 amide bonds. The Bertz CT molecular complexity index is 823. The van der Waals surface area contributed by atoms with Crippen LogP contribution < -0.4 is 10.1 Å². The molecule has 0 aliphatic rings. The molecule has 0 aromatic heterocycles. The van der Waals surface area contributed by atoms with Gasteiger partial charge in [0, 0.05) is 18.7 Å². The van der Waals surface area contributed by atoms with Crippen LogP contribution in [0.15, 0.2) is 48.5 Å². The molecule has 0 saturated carbocycles. The maximum atomic E-state index is 14.2. The van der Waals surface area contributed by atoms with Gasteiger partial charge >= 0.3 is 0 Å². The van der Waals surface area contributed by atoms with Crippen molar-refractivity contribution < 1.29 is 18.7 Å². The van der Waals surface area contributed by atoms with Crippen molar-refractivity contribution in [3.8, 4) is 5.75 Å². The second-order valence-electron chi connectivity index (χ2n) is 7.22. The van der Waals surface area contributed by atoms with Gasteiger partial charge in [-0.05, 0) is 43.5 Å². The third-order valence-electron chi connectivity index (χ3n) is 4.99. The minimum absolute atomic E-state index is 0.00793. The molecular formula is C24H31FN2O3. The van der Waals surface area contributed by atoms with Crippen molar-refractivity contribution in [1.29, 1.82) is 0 Å². The number of hydrogen-bond donors (Lipinski definition) is 1. The van der Waals surface area contributed by atoms with E-state index >= 15 is 0 Å². The Morgan fingerprint density at radius 1 is 1.10 bits per heavy atom. The number of amides is 2. The Kier molecular flexibility index (Phi) is 9.32. The van der Waals surface area contributed by atoms with E-state index in [0.717, 1.165) is 19.3 Å². The Hall–Kier alpha value is -2.89. The predicted octanol–water partition coefficient (Wildman–Crippen LogP) is 4.10. The summed E-state index contributed by atoms with van der Waals surface area (Å²) in [4.78, 5) is 26.8. The normalized spacial score (nSPS) is 11.6. The van der Waals surface area contributed by atoms with Crippen molar-refractivity contribution in [3.63, 3.8) is 0 Å². The van der Waals surface area contributed by atoms with Gasteiger partial charge in [-0.3, -0.25) is 9.59 Å². The highest BCUT2D eigenvalue weighted by molar-refractivity contribution is 5.87. The molecule has 0 saturated heterocycles. The first-order valence-corrected chi connectivity index (χ1v) is 10.5. The lowest BCUT2D eigenvalue weighted by molar-refractivity contribution is -0.142. The first kappa shape index (κ1) is 23.4. The number of hydrogen-bond acceptors (Lipinski definition) is 3. The lowest BCUT2D eigenvalue weighted by atomic mass is 10.1. The largest absolute Gasteiger partial charge is 0.484 e. The third kappa shape index (κ3) is 6.87. The van der Waals surface area contributed by atoms with Gasteiger partial charge in [-0.2, -0.15) is 0 Å². The van der Waals surface area contributed by atoms with Gasteiger partial charge in [-0.15, -0.1) is 0 Å². The number of carbonyl (C=O) groups is 2. The lowest BCUT2D eigenvalue weighted by Gasteiger charge is -2.29. The number of ether oxygens (including phenoxy) is 1. The van der Waals surface area contributed by atoms with Crippen molar-refractivity contribution in [2.75, 3.05) is 13.2 Å². The number of benzene rings is 2. The summed E-state index contributed by atoms with van der Waals surface area (Å²) in [5.74, 6) is -0.479. The van der Waals surface area contributed by atoms with Crippen LogP contribution in [0, 0.1) is 5.82 Å². The van der Waals surface area contributed by atoms with Crippen LogP contribution in [-0.4, -0.2) is 35.9 Å². The molecule has 2 rings (SSSR count). The maximum absolute atomic E-state index is 14.2. The van der Waals surface area contributed by atoms with Gasteiger partial charge in [0.2, 0.25) is 5.91 Å². The van der Waals surface area contributed by atoms with Crippen LogP contribution >= 0.6 is 0 Å². The fourth-order valence-corrected chi connectivity index (χ4v) is 2.98. The molecule has 0 spiro atoms. The van der Waals surface area contributed by atoms with Gasteiger partial charge in [0.1, 0.15) is 17.6 Å². The summed E-state index contributed by atoms with van der Waals surface area (Å²) in [7, 11) is 0. The first-order valence-electron chi connectivity index (χ1n) is 10.5. The number of unbranched alkanes of at least 4 members (excludes halogenated alkanes) is 1. The molecule has 6 heteroatoms. The van der Waals surface area contributed by atoms with Gasteiger partial charge in [-0.1, -0.05) is 50.6 Å². The minimum atomic E-state index is -0.750. The Morgan fingerprint density at radius 2 is 1.80 bits per heavy atom. The zero-order valence-corrected chi connectivity index (χ0v) is 18.0. The summed E-state index contributed by atoms with van der Waals surface area (Å²) in [6, 6.07) is 13.0. The summed E-state index contributed by atoms with van der Waals surface area (Å²) < 4.78 is 19.8. The second kappa shape index (κ2) is 12.0. The molecule has 1 atom stereocenters. The highest BCUT2D eigenvalue weighted by atomic mass is 19.1. The van der Waals surface area contributed by atoms with Crippen molar-refractivity contribution in [2.45, 2.75) is 52.6 Å². The van der Waals surface area contributed by atoms with Gasteiger partial charge in [0.25, 0.3) is 5.91 Å². The maximum Gasteiger partial charge on any atom is 0.261 e. The fourth-order valence-electron chi connectivity index (χ4n) is 2.98. The molecule has 2 aromatic carbocycles. The predicted molar refractivity (Wildman–Crippen MR) is 116 cm³/mol. The van der Waals surface area contributed by atoms with Crippen LogP contribution in [0.25, 0.3) is 0 Å². The highest BCUT2D eigenvalue weighted by Crippen LogP contribution is 2.16. The number of rotatable bonds is 11. The Balaban J connectivity index is 2.10. The fraction of sp³-hybridized carbons (Fsp3) is 0.417. The number of nitrogens with one attached hydrogen (secondary N) is 1. The summed E-state index contributed by atoms with van der Waals surface area (Å²) in [5, 5.41) is 2.84. The van der Waals surface area contributed by atoms with Gasteiger partial charge in [-0.25, -0.2) is 4.39 Å². The molecule has 2 aromatic rings. The van der Waals surface area contributed by atoms with E-state index in [1.807, 2.05) is 31.2 Å². The van der Waals surface area contributed by atoms with E-state index in [-0.39, 0.29) is 25.0 Å². The molecule has 0 heterocycles. The third-order valence-corrected chi connectivity index (χ3v) is 4.99. The SMILES string of the molecule is CCCCNC(=O)[C@H](C)N(Cc1ccccc1F)C(=O)COc1ccc(CC)cc1. The standard InChI is InChI=1S/C24H31FN2O3/c1-4-6-15-26-24(29)18(3)27(16-20-9-7-8-10-22(20)25)23(28)17-30-21-13-11-19(5-2)12-14-21/h7-14,18H,4-6,15-17H2,1-3H3,(H,26,29)/t18-/m0/s1. The number of carbonyl (C=O) groups excluding carboxylic acids is 2. The number of aryl methyl sites for hydroxylation is 1. The van der Waals surface area contributed by atoms with Crippen LogP contribution in [0.2, 0.25) is 0 Å². The lowest BCUT2D eigenvalue weighted by Crippen LogP contribution is -2.49. The molecule has 0 unspecified atom stereocenters. The zero-order chi connectivity index (χ0) is 21.9. The molecule has 0 radical (unpaired) electrons. The van der Waals surface area contributed by atoms with E-state index in [4.69, 9.17) is 4.74 Å². The van der Waals surface area contributed by atoms with Crippen molar-refractivity contribution >= 4 is 11.8 Å². The Labute approximate surface area is 178 Å². The van der Waals surface area contributed by atoms with E-state index in [1.54, 1.807) is 25.1 Å². The highest BCUT2D eigenvalue weighted by Gasteiger charge is 2.27. The van der Waals surface area contributed by atoms with Gasteiger partial charge < -0.3 is 15.0 Å². The average molecular weight is 415 g/mol. The van der Waals surface area contributed by atoms with Crippen LogP contribution in [0.3, 0.4) is 0 Å². The second-order valence-corrected chi connectivity index (χ2v) is 7.22. The van der Waals surface area contributed by atoms with E-state index in [2.05, 4.69) is 12.2 Å². The molecular weight excluding hydrogens is 383 g/mol. The van der Waals surface area contributed by atoms with Gasteiger partial charge in [0.15, 0.2) is 6.61 Å². The monoisotopic (exact) mass is 414 g/mol. The van der Waals surface area contributed by atoms with Crippen molar-refractivity contribution in [1.82, 2.24) is 10.2 Å². The molecule has 0 aliphatic carbocycles. The molecule has 162 valence electrons. The molecule has 0 fully saturated rings. The molecule has 30 heavy (non-hydrogen) atoms. The molecule has 0 bridgehead atoms. The summed E-state index contributed by atoms with van der Waals surface area (Å²) in [6.45, 7) is 6.05. The minimum Gasteiger partial charge on any atom is -0.484 e. The van der Waals surface area contributed by atoms with Crippen molar-refractivity contribution in [3.05, 3.63) is 65.5 Å². The number of nitrogens with zero attached hydrogens (tertiary/aromatic N) is 1. The van der Waals surface area contributed by atoms with E-state index in [9.17, 15) is 14.0 Å². The summed E-state index contributed by atoms with van der Waals surface area (Å²) >= 11 is 0. The van der Waals surface area contributed by atoms with Crippen molar-refractivity contribution in [2.24, 2.45) is 0 Å². The van der Waals surface area contributed by atoms with Crippen LogP contribution in [0.4, 0.5) is 4.39 Å². The van der Waals surface area contributed by atoms with E-state index in [1.165, 1.54) is 16.5 Å². The van der Waals surface area contributed by atoms with E-state index in [0.29, 0.717) is 17.9 Å². The van der Waals surface area contributed by atoms with Gasteiger partial charge in [0.05, 0.1) is 0 Å². The quantitative estimate of drug-likeness (QED) is 0.563. The van der Waals surface area contributed by atoms with Crippen LogP contribution in [-0.2, 0) is 22.6 Å². The average Bonchev–Trinajstić information content (AvgIpc) is 2.77. The Morgan fingerprint density at radius 3 is 2.43 bits per heavy atom. The van der Waals surface area contributed by atoms with Crippen LogP contribution in [0.5, 0.6) is 5.75 Å². The van der Waals surface area contributed by atoms with Crippen LogP contribution in [0.1, 0.15) is 44.7 Å². The number of halogens is 1. The molecule has 0 aliphatic heterocycles. The smallest absolute Gasteiger partial charge is 0.261 e. The topological polar surface area (TPSA) is 58.6 Å². The summed E-state index contributed by atoms with van der Waals surface area (Å²) in [5.41, 5.74) is 1.53. The molecule has 5 nitrogen and oxygen atoms in total. The molecule has 1 N–H and O–H groups in total. The summed E-state index contributed by atoms with van der Waals surface area (Å²) in [6.07, 6.45) is 2.73. The zero-order valence-electron chi connectivity index (χ0n) is 18.0.